The highest BCUT2D eigenvalue weighted by atomic mass is 16.5. The number of amides is 1. The van der Waals surface area contributed by atoms with Crippen LogP contribution in [-0.4, -0.2) is 58.5 Å². The van der Waals surface area contributed by atoms with Crippen LogP contribution < -0.4 is 15.8 Å². The molecule has 2 aromatic carbocycles. The number of hydrogen-bond acceptors (Lipinski definition) is 6. The maximum atomic E-state index is 11.2. The van der Waals surface area contributed by atoms with E-state index >= 15 is 0 Å². The van der Waals surface area contributed by atoms with Crippen LogP contribution in [0.15, 0.2) is 42.5 Å². The third-order valence-electron chi connectivity index (χ3n) is 4.80. The Bertz CT molecular complexity index is 996. The number of nitrogens with zero attached hydrogens (tertiary/aromatic N) is 3. The van der Waals surface area contributed by atoms with Gasteiger partial charge in [-0.05, 0) is 36.4 Å². The van der Waals surface area contributed by atoms with Crippen LogP contribution in [0.1, 0.15) is 0 Å². The van der Waals surface area contributed by atoms with E-state index in [0.29, 0.717) is 48.4 Å². The Labute approximate surface area is 167 Å². The summed E-state index contributed by atoms with van der Waals surface area (Å²) in [7, 11) is 0. The number of carbonyl (C=O) groups is 1. The van der Waals surface area contributed by atoms with E-state index in [4.69, 9.17) is 15.2 Å². The lowest BCUT2D eigenvalue weighted by Gasteiger charge is -2.26. The van der Waals surface area contributed by atoms with Crippen LogP contribution in [0, 0.1) is 0 Å². The highest BCUT2D eigenvalue weighted by molar-refractivity contribution is 5.86. The van der Waals surface area contributed by atoms with Crippen LogP contribution in [0.3, 0.4) is 0 Å². The van der Waals surface area contributed by atoms with Crippen LogP contribution in [0.25, 0.3) is 11.0 Å². The molecule has 9 nitrogen and oxygen atoms in total. The Balaban J connectivity index is 1.61. The summed E-state index contributed by atoms with van der Waals surface area (Å²) >= 11 is 0. The maximum Gasteiger partial charge on any atom is 0.411 e. The van der Waals surface area contributed by atoms with Gasteiger partial charge in [0.15, 0.2) is 0 Å². The molecule has 0 saturated carbocycles. The van der Waals surface area contributed by atoms with Gasteiger partial charge in [-0.1, -0.05) is 0 Å². The highest BCUT2D eigenvalue weighted by Crippen LogP contribution is 2.28. The van der Waals surface area contributed by atoms with Gasteiger partial charge < -0.3 is 24.9 Å². The third kappa shape index (κ3) is 4.58. The first kappa shape index (κ1) is 19.0. The van der Waals surface area contributed by atoms with Gasteiger partial charge in [0, 0.05) is 37.9 Å². The van der Waals surface area contributed by atoms with Crippen molar-refractivity contribution in [3.8, 4) is 11.5 Å². The van der Waals surface area contributed by atoms with Gasteiger partial charge in [-0.2, -0.15) is 0 Å². The molecule has 0 radical (unpaired) electrons. The van der Waals surface area contributed by atoms with Crippen molar-refractivity contribution in [3.63, 3.8) is 0 Å². The summed E-state index contributed by atoms with van der Waals surface area (Å²) in [4.78, 5) is 17.9. The lowest BCUT2D eigenvalue weighted by atomic mass is 10.3. The predicted molar refractivity (Wildman–Crippen MR) is 110 cm³/mol. The predicted octanol–water partition coefficient (Wildman–Crippen LogP) is 2.83. The number of anilines is 2. The summed E-state index contributed by atoms with van der Waals surface area (Å²) in [6.07, 6.45) is -1.15. The van der Waals surface area contributed by atoms with Gasteiger partial charge in [-0.15, -0.1) is 0 Å². The summed E-state index contributed by atoms with van der Waals surface area (Å²) in [5, 5.41) is 11.6. The molecule has 4 rings (SSSR count). The van der Waals surface area contributed by atoms with Crippen molar-refractivity contribution in [1.82, 2.24) is 14.5 Å². The topological polar surface area (TPSA) is 115 Å². The molecule has 4 N–H and O–H groups in total. The normalized spacial score (nSPS) is 14.8. The number of rotatable bonds is 6. The number of hydrogen-bond donors (Lipinski definition) is 3. The fourth-order valence-corrected chi connectivity index (χ4v) is 3.32. The fraction of sp³-hybridized carbons (Fsp3) is 0.300. The number of nitrogen functional groups attached to an aromatic ring is 1. The number of carboxylic acid groups (broad SMARTS) is 1. The second kappa shape index (κ2) is 8.38. The second-order valence-corrected chi connectivity index (χ2v) is 6.79. The van der Waals surface area contributed by atoms with Gasteiger partial charge in [-0.3, -0.25) is 10.2 Å². The number of nitrogens with one attached hydrogen (secondary N) is 1. The molecule has 1 aromatic heterocycles. The van der Waals surface area contributed by atoms with E-state index in [1.54, 1.807) is 24.3 Å². The van der Waals surface area contributed by atoms with Gasteiger partial charge in [0.25, 0.3) is 0 Å². The molecule has 9 heteroatoms. The zero-order valence-corrected chi connectivity index (χ0v) is 15.9. The van der Waals surface area contributed by atoms with Gasteiger partial charge in [-0.25, -0.2) is 9.78 Å². The Morgan fingerprint density at radius 3 is 2.59 bits per heavy atom. The number of benzene rings is 2. The van der Waals surface area contributed by atoms with Crippen molar-refractivity contribution in [1.29, 1.82) is 0 Å². The molecule has 1 aliphatic heterocycles. The number of ether oxygens (including phenoxy) is 2. The molecule has 2 heterocycles. The molecule has 0 unspecified atom stereocenters. The quantitative estimate of drug-likeness (QED) is 0.548. The number of morpholine rings is 1. The first-order chi connectivity index (χ1) is 14.1. The van der Waals surface area contributed by atoms with E-state index in [0.717, 1.165) is 25.2 Å². The Kier molecular flexibility index (Phi) is 5.50. The monoisotopic (exact) mass is 397 g/mol. The molecule has 1 saturated heterocycles. The molecule has 0 atom stereocenters. The molecule has 1 aliphatic rings. The van der Waals surface area contributed by atoms with Gasteiger partial charge >= 0.3 is 6.09 Å². The molecule has 0 aliphatic carbocycles. The number of imidazole rings is 1. The molecule has 0 spiro atoms. The van der Waals surface area contributed by atoms with Gasteiger partial charge in [0.2, 0.25) is 5.95 Å². The van der Waals surface area contributed by atoms with Crippen molar-refractivity contribution in [2.45, 2.75) is 6.54 Å². The standard InChI is InChI=1S/C20H23N5O4/c21-14-1-3-15(4-2-14)29-16-5-6-17-18(13-16)25(19(22-17)23-20(26)27)8-7-24-9-11-28-12-10-24/h1-6,13H,7-12,21H2,(H,22,23)(H,26,27). The third-order valence-corrected chi connectivity index (χ3v) is 4.80. The zero-order valence-electron chi connectivity index (χ0n) is 15.9. The van der Waals surface area contributed by atoms with Crippen LogP contribution >= 0.6 is 0 Å². The summed E-state index contributed by atoms with van der Waals surface area (Å²) < 4.78 is 13.2. The lowest BCUT2D eigenvalue weighted by Crippen LogP contribution is -2.38. The SMILES string of the molecule is Nc1ccc(Oc2ccc3nc(NC(=O)O)n(CCN4CCOCC4)c3c2)cc1. The molecule has 0 bridgehead atoms. The number of aromatic nitrogens is 2. The molecule has 29 heavy (non-hydrogen) atoms. The largest absolute Gasteiger partial charge is 0.465 e. The van der Waals surface area contributed by atoms with Crippen molar-refractivity contribution in [2.75, 3.05) is 43.9 Å². The first-order valence-electron chi connectivity index (χ1n) is 9.42. The van der Waals surface area contributed by atoms with E-state index in [2.05, 4.69) is 15.2 Å². The average Bonchev–Trinajstić information content (AvgIpc) is 3.04. The minimum absolute atomic E-state index is 0.297. The second-order valence-electron chi connectivity index (χ2n) is 6.79. The van der Waals surface area contributed by atoms with E-state index in [1.807, 2.05) is 22.8 Å². The van der Waals surface area contributed by atoms with E-state index in [1.165, 1.54) is 0 Å². The molecular formula is C20H23N5O4. The fourth-order valence-electron chi connectivity index (χ4n) is 3.32. The van der Waals surface area contributed by atoms with Crippen molar-refractivity contribution in [2.24, 2.45) is 0 Å². The molecule has 3 aromatic rings. The summed E-state index contributed by atoms with van der Waals surface area (Å²) in [6, 6.07) is 12.6. The van der Waals surface area contributed by atoms with Crippen LogP contribution in [0.4, 0.5) is 16.4 Å². The van der Waals surface area contributed by atoms with Crippen LogP contribution in [-0.2, 0) is 11.3 Å². The molecular weight excluding hydrogens is 374 g/mol. The Morgan fingerprint density at radius 1 is 1.14 bits per heavy atom. The molecule has 1 amide bonds. The number of nitrogens with two attached hydrogens (primary N) is 1. The molecule has 152 valence electrons. The van der Waals surface area contributed by atoms with E-state index in [-0.39, 0.29) is 0 Å². The maximum absolute atomic E-state index is 11.2. The highest BCUT2D eigenvalue weighted by Gasteiger charge is 2.16. The van der Waals surface area contributed by atoms with Crippen molar-refractivity contribution in [3.05, 3.63) is 42.5 Å². The number of fused-ring (bicyclic) bond motifs is 1. The molecule has 1 fully saturated rings. The van der Waals surface area contributed by atoms with E-state index < -0.39 is 6.09 Å². The zero-order chi connectivity index (χ0) is 20.2. The van der Waals surface area contributed by atoms with Crippen LogP contribution in [0.2, 0.25) is 0 Å². The summed E-state index contributed by atoms with van der Waals surface area (Å²) in [6.45, 7) is 4.51. The first-order valence-corrected chi connectivity index (χ1v) is 9.42. The van der Waals surface area contributed by atoms with Gasteiger partial charge in [0.05, 0.1) is 24.2 Å². The summed E-state index contributed by atoms with van der Waals surface area (Å²) in [5.74, 6) is 1.60. The Morgan fingerprint density at radius 2 is 1.86 bits per heavy atom. The minimum atomic E-state index is -1.15. The minimum Gasteiger partial charge on any atom is -0.465 e. The smallest absolute Gasteiger partial charge is 0.411 e. The average molecular weight is 397 g/mol. The van der Waals surface area contributed by atoms with Crippen molar-refractivity contribution >= 4 is 28.8 Å². The van der Waals surface area contributed by atoms with Crippen molar-refractivity contribution < 1.29 is 19.4 Å². The van der Waals surface area contributed by atoms with Crippen LogP contribution in [0.5, 0.6) is 11.5 Å². The van der Waals surface area contributed by atoms with Gasteiger partial charge in [0.1, 0.15) is 11.5 Å². The lowest BCUT2D eigenvalue weighted by molar-refractivity contribution is 0.0366. The summed E-state index contributed by atoms with van der Waals surface area (Å²) in [5.41, 5.74) is 7.88. The van der Waals surface area contributed by atoms with E-state index in [9.17, 15) is 9.90 Å². The Hall–Kier alpha value is -3.30.